The summed E-state index contributed by atoms with van der Waals surface area (Å²) in [6.07, 6.45) is 6.54. The maximum Gasteiger partial charge on any atom is 0.280 e. The van der Waals surface area contributed by atoms with E-state index >= 15 is 0 Å². The van der Waals surface area contributed by atoms with Gasteiger partial charge >= 0.3 is 0 Å². The van der Waals surface area contributed by atoms with E-state index in [4.69, 9.17) is 4.74 Å². The summed E-state index contributed by atoms with van der Waals surface area (Å²) in [6.45, 7) is 4.75. The second kappa shape index (κ2) is 9.17. The molecule has 2 aromatic rings. The van der Waals surface area contributed by atoms with Crippen LogP contribution in [0.5, 0.6) is 5.75 Å². The Balaban J connectivity index is 1.77. The van der Waals surface area contributed by atoms with E-state index in [1.165, 1.54) is 24.3 Å². The molecular formula is C23H26N2O2. The third-order valence-electron chi connectivity index (χ3n) is 4.54. The molecule has 0 aromatic heterocycles. The molecule has 1 amide bonds. The molecule has 140 valence electrons. The van der Waals surface area contributed by atoms with Crippen molar-refractivity contribution in [1.82, 2.24) is 0 Å². The number of nitrogens with zero attached hydrogens (tertiary/aromatic N) is 2. The van der Waals surface area contributed by atoms with E-state index in [2.05, 4.69) is 12.0 Å². The number of anilines is 1. The fraction of sp³-hybridized carbons (Fsp3) is 0.304. The van der Waals surface area contributed by atoms with Crippen molar-refractivity contribution in [1.29, 1.82) is 0 Å². The maximum atomic E-state index is 12.9. The van der Waals surface area contributed by atoms with Gasteiger partial charge in [-0.2, -0.15) is 10.1 Å². The summed E-state index contributed by atoms with van der Waals surface area (Å²) in [5, 5.41) is 5.89. The fourth-order valence-corrected chi connectivity index (χ4v) is 3.03. The van der Waals surface area contributed by atoms with Crippen LogP contribution in [0.25, 0.3) is 6.08 Å². The quantitative estimate of drug-likeness (QED) is 0.463. The molecule has 0 saturated carbocycles. The van der Waals surface area contributed by atoms with Gasteiger partial charge in [-0.25, -0.2) is 0 Å². The summed E-state index contributed by atoms with van der Waals surface area (Å²) in [4.78, 5) is 12.9. The Morgan fingerprint density at radius 1 is 1.00 bits per heavy atom. The molecule has 0 bridgehead atoms. The first-order valence-electron chi connectivity index (χ1n) is 9.59. The van der Waals surface area contributed by atoms with Crippen LogP contribution in [-0.4, -0.2) is 18.2 Å². The summed E-state index contributed by atoms with van der Waals surface area (Å²) in [5.41, 5.74) is 2.98. The number of carbonyl (C=O) groups excluding carboxylic acids is 1. The van der Waals surface area contributed by atoms with Gasteiger partial charge in [0.1, 0.15) is 5.75 Å². The Labute approximate surface area is 161 Å². The van der Waals surface area contributed by atoms with Gasteiger partial charge in [0.05, 0.1) is 23.6 Å². The molecule has 2 aromatic carbocycles. The number of unbranched alkanes of at least 4 members (excludes halogenated alkanes) is 3. The van der Waals surface area contributed by atoms with Crippen molar-refractivity contribution >= 4 is 23.4 Å². The molecule has 0 unspecified atom stereocenters. The monoisotopic (exact) mass is 362 g/mol. The molecule has 27 heavy (non-hydrogen) atoms. The molecule has 0 fully saturated rings. The summed E-state index contributed by atoms with van der Waals surface area (Å²) in [7, 11) is 0. The number of hydrazone groups is 1. The van der Waals surface area contributed by atoms with Crippen LogP contribution in [0, 0.1) is 0 Å². The minimum absolute atomic E-state index is 0.114. The van der Waals surface area contributed by atoms with Gasteiger partial charge in [-0.05, 0) is 37.6 Å². The van der Waals surface area contributed by atoms with Crippen LogP contribution in [0.15, 0.2) is 65.3 Å². The van der Waals surface area contributed by atoms with E-state index < -0.39 is 0 Å². The number of para-hydroxylation sites is 2. The lowest BCUT2D eigenvalue weighted by molar-refractivity contribution is -0.114. The van der Waals surface area contributed by atoms with E-state index in [1.807, 2.05) is 67.6 Å². The van der Waals surface area contributed by atoms with Gasteiger partial charge in [0.25, 0.3) is 5.91 Å². The van der Waals surface area contributed by atoms with Crippen molar-refractivity contribution in [2.75, 3.05) is 11.6 Å². The number of benzene rings is 2. The lowest BCUT2D eigenvalue weighted by Crippen LogP contribution is -2.21. The minimum Gasteiger partial charge on any atom is -0.493 e. The largest absolute Gasteiger partial charge is 0.493 e. The number of hydrogen-bond acceptors (Lipinski definition) is 3. The van der Waals surface area contributed by atoms with E-state index in [9.17, 15) is 4.79 Å². The number of carbonyl (C=O) groups is 1. The van der Waals surface area contributed by atoms with Gasteiger partial charge in [0, 0.05) is 5.56 Å². The van der Waals surface area contributed by atoms with Crippen LogP contribution in [0.4, 0.5) is 5.69 Å². The molecule has 0 aliphatic carbocycles. The Morgan fingerprint density at radius 3 is 2.52 bits per heavy atom. The number of rotatable bonds is 8. The molecule has 1 aliphatic heterocycles. The summed E-state index contributed by atoms with van der Waals surface area (Å²) in [6, 6.07) is 17.3. The molecule has 0 atom stereocenters. The standard InChI is InChI=1S/C23H26N2O2/c1-3-4-5-11-16-27-22-15-10-9-12-19(22)17-21-18(2)24-25(23(21)26)20-13-7-6-8-14-20/h6-10,12-15,17H,3-5,11,16H2,1-2H3/b21-17+. The Bertz CT molecular complexity index is 840. The van der Waals surface area contributed by atoms with Crippen LogP contribution in [-0.2, 0) is 4.79 Å². The minimum atomic E-state index is -0.114. The third kappa shape index (κ3) is 4.64. The van der Waals surface area contributed by atoms with Crippen molar-refractivity contribution in [2.45, 2.75) is 39.5 Å². The first-order valence-corrected chi connectivity index (χ1v) is 9.59. The third-order valence-corrected chi connectivity index (χ3v) is 4.54. The second-order valence-electron chi connectivity index (χ2n) is 6.64. The van der Waals surface area contributed by atoms with Gasteiger partial charge in [0.15, 0.2) is 0 Å². The van der Waals surface area contributed by atoms with Crippen LogP contribution in [0.3, 0.4) is 0 Å². The van der Waals surface area contributed by atoms with Crippen LogP contribution in [0.1, 0.15) is 45.1 Å². The van der Waals surface area contributed by atoms with Gasteiger partial charge in [-0.15, -0.1) is 0 Å². The highest BCUT2D eigenvalue weighted by molar-refractivity contribution is 6.32. The number of amides is 1. The Morgan fingerprint density at radius 2 is 1.74 bits per heavy atom. The molecule has 1 heterocycles. The SMILES string of the molecule is CCCCCCOc1ccccc1/C=C1/C(=O)N(c2ccccc2)N=C1C. The van der Waals surface area contributed by atoms with Crippen LogP contribution in [0.2, 0.25) is 0 Å². The number of hydrogen-bond donors (Lipinski definition) is 0. The van der Waals surface area contributed by atoms with Crippen molar-refractivity contribution < 1.29 is 9.53 Å². The predicted molar refractivity (Wildman–Crippen MR) is 111 cm³/mol. The zero-order valence-electron chi connectivity index (χ0n) is 16.0. The molecule has 0 saturated heterocycles. The zero-order valence-corrected chi connectivity index (χ0v) is 16.0. The smallest absolute Gasteiger partial charge is 0.280 e. The van der Waals surface area contributed by atoms with Crippen molar-refractivity contribution in [2.24, 2.45) is 5.10 Å². The lowest BCUT2D eigenvalue weighted by atomic mass is 10.1. The first-order chi connectivity index (χ1) is 13.2. The predicted octanol–water partition coefficient (Wildman–Crippen LogP) is 5.45. The van der Waals surface area contributed by atoms with Crippen molar-refractivity contribution in [3.63, 3.8) is 0 Å². The topological polar surface area (TPSA) is 41.9 Å². The fourth-order valence-electron chi connectivity index (χ4n) is 3.03. The number of ether oxygens (including phenoxy) is 1. The lowest BCUT2D eigenvalue weighted by Gasteiger charge is -2.12. The molecule has 4 heteroatoms. The summed E-state index contributed by atoms with van der Waals surface area (Å²) < 4.78 is 5.97. The van der Waals surface area contributed by atoms with Gasteiger partial charge in [-0.3, -0.25) is 4.79 Å². The van der Waals surface area contributed by atoms with E-state index in [-0.39, 0.29) is 5.91 Å². The molecule has 0 radical (unpaired) electrons. The highest BCUT2D eigenvalue weighted by atomic mass is 16.5. The van der Waals surface area contributed by atoms with E-state index in [0.717, 1.165) is 23.4 Å². The zero-order chi connectivity index (χ0) is 19.1. The highest BCUT2D eigenvalue weighted by Crippen LogP contribution is 2.27. The average molecular weight is 362 g/mol. The Hall–Kier alpha value is -2.88. The molecule has 4 nitrogen and oxygen atoms in total. The normalized spacial score (nSPS) is 15.3. The summed E-state index contributed by atoms with van der Waals surface area (Å²) in [5.74, 6) is 0.691. The molecule has 3 rings (SSSR count). The molecule has 0 spiro atoms. The van der Waals surface area contributed by atoms with Crippen LogP contribution < -0.4 is 9.75 Å². The van der Waals surface area contributed by atoms with Gasteiger partial charge in [-0.1, -0.05) is 62.6 Å². The van der Waals surface area contributed by atoms with Crippen molar-refractivity contribution in [3.05, 3.63) is 65.7 Å². The van der Waals surface area contributed by atoms with Gasteiger partial charge < -0.3 is 4.74 Å². The molecule has 1 aliphatic rings. The second-order valence-corrected chi connectivity index (χ2v) is 6.64. The van der Waals surface area contributed by atoms with Gasteiger partial charge in [0.2, 0.25) is 0 Å². The first kappa shape index (κ1) is 18.9. The maximum absolute atomic E-state index is 12.9. The summed E-state index contributed by atoms with van der Waals surface area (Å²) >= 11 is 0. The van der Waals surface area contributed by atoms with Crippen LogP contribution >= 0.6 is 0 Å². The average Bonchev–Trinajstić information content (AvgIpc) is 2.98. The Kier molecular flexibility index (Phi) is 6.42. The van der Waals surface area contributed by atoms with E-state index in [0.29, 0.717) is 17.9 Å². The molecule has 0 N–H and O–H groups in total. The highest BCUT2D eigenvalue weighted by Gasteiger charge is 2.28. The van der Waals surface area contributed by atoms with Crippen molar-refractivity contribution in [3.8, 4) is 5.75 Å². The molecular weight excluding hydrogens is 336 g/mol. The van der Waals surface area contributed by atoms with E-state index in [1.54, 1.807) is 0 Å².